The Morgan fingerprint density at radius 2 is 1.87 bits per heavy atom. The highest BCUT2D eigenvalue weighted by atomic mass is 15.3. The van der Waals surface area contributed by atoms with Crippen LogP contribution in [0.15, 0.2) is 0 Å². The highest BCUT2D eigenvalue weighted by Crippen LogP contribution is 2.49. The lowest BCUT2D eigenvalue weighted by molar-refractivity contribution is 0.107. The molecule has 2 fully saturated rings. The van der Waals surface area contributed by atoms with Crippen molar-refractivity contribution < 1.29 is 0 Å². The van der Waals surface area contributed by atoms with Gasteiger partial charge in [-0.3, -0.25) is 4.90 Å². The molecule has 0 bridgehead atoms. The summed E-state index contributed by atoms with van der Waals surface area (Å²) in [5.41, 5.74) is 0.988. The van der Waals surface area contributed by atoms with Crippen LogP contribution in [-0.4, -0.2) is 36.1 Å². The fraction of sp³-hybridized carbons (Fsp3) is 1.00. The Morgan fingerprint density at radius 1 is 1.27 bits per heavy atom. The van der Waals surface area contributed by atoms with E-state index in [0.29, 0.717) is 11.0 Å². The highest BCUT2D eigenvalue weighted by Gasteiger charge is 2.51. The summed E-state index contributed by atoms with van der Waals surface area (Å²) < 4.78 is 0. The molecule has 0 spiro atoms. The molecular formula is C13H26N2. The fourth-order valence-electron chi connectivity index (χ4n) is 3.04. The van der Waals surface area contributed by atoms with Crippen LogP contribution >= 0.6 is 0 Å². The second-order valence-corrected chi connectivity index (χ2v) is 6.09. The van der Waals surface area contributed by atoms with E-state index in [-0.39, 0.29) is 0 Å². The third-order valence-electron chi connectivity index (χ3n) is 4.66. The van der Waals surface area contributed by atoms with Crippen molar-refractivity contribution in [3.8, 4) is 0 Å². The SMILES string of the molecule is CCC1(CC)CN(C2CC2(C)C)CCN1. The third kappa shape index (κ3) is 2.07. The molecule has 2 rings (SSSR count). The van der Waals surface area contributed by atoms with Crippen molar-refractivity contribution >= 4 is 0 Å². The van der Waals surface area contributed by atoms with Crippen molar-refractivity contribution in [2.75, 3.05) is 19.6 Å². The van der Waals surface area contributed by atoms with Crippen LogP contribution in [0.2, 0.25) is 0 Å². The standard InChI is InChI=1S/C13H26N2/c1-5-13(6-2)10-15(8-7-14-13)11-9-12(11,3)4/h11,14H,5-10H2,1-4H3. The summed E-state index contributed by atoms with van der Waals surface area (Å²) in [6.45, 7) is 13.1. The number of hydrogen-bond donors (Lipinski definition) is 1. The molecule has 2 heteroatoms. The lowest BCUT2D eigenvalue weighted by Crippen LogP contribution is -2.60. The lowest BCUT2D eigenvalue weighted by atomic mass is 9.90. The van der Waals surface area contributed by atoms with Gasteiger partial charge in [-0.25, -0.2) is 0 Å². The van der Waals surface area contributed by atoms with Crippen LogP contribution in [-0.2, 0) is 0 Å². The zero-order valence-electron chi connectivity index (χ0n) is 10.8. The normalized spacial score (nSPS) is 34.0. The quantitative estimate of drug-likeness (QED) is 0.768. The zero-order chi connectivity index (χ0) is 11.1. The largest absolute Gasteiger partial charge is 0.309 e. The minimum absolute atomic E-state index is 0.400. The Labute approximate surface area is 94.4 Å². The first-order valence-electron chi connectivity index (χ1n) is 6.52. The third-order valence-corrected chi connectivity index (χ3v) is 4.66. The molecule has 1 aliphatic carbocycles. The molecule has 1 atom stereocenters. The summed E-state index contributed by atoms with van der Waals surface area (Å²) in [4.78, 5) is 2.73. The predicted octanol–water partition coefficient (Wildman–Crippen LogP) is 2.25. The maximum Gasteiger partial charge on any atom is 0.0304 e. The van der Waals surface area contributed by atoms with Gasteiger partial charge in [0.25, 0.3) is 0 Å². The van der Waals surface area contributed by atoms with Crippen molar-refractivity contribution in [1.82, 2.24) is 10.2 Å². The average Bonchev–Trinajstić information content (AvgIpc) is 2.88. The van der Waals surface area contributed by atoms with E-state index in [1.54, 1.807) is 0 Å². The average molecular weight is 210 g/mol. The van der Waals surface area contributed by atoms with Gasteiger partial charge in [0.05, 0.1) is 0 Å². The van der Waals surface area contributed by atoms with E-state index in [1.165, 1.54) is 38.9 Å². The Hall–Kier alpha value is -0.0800. The molecule has 1 N–H and O–H groups in total. The van der Waals surface area contributed by atoms with Gasteiger partial charge >= 0.3 is 0 Å². The van der Waals surface area contributed by atoms with Gasteiger partial charge in [-0.2, -0.15) is 0 Å². The Balaban J connectivity index is 1.98. The van der Waals surface area contributed by atoms with E-state index in [1.807, 2.05) is 0 Å². The van der Waals surface area contributed by atoms with E-state index < -0.39 is 0 Å². The molecule has 15 heavy (non-hydrogen) atoms. The van der Waals surface area contributed by atoms with E-state index >= 15 is 0 Å². The molecule has 0 amide bonds. The zero-order valence-corrected chi connectivity index (χ0v) is 10.8. The first kappa shape index (κ1) is 11.4. The van der Waals surface area contributed by atoms with Crippen LogP contribution in [0.3, 0.4) is 0 Å². The van der Waals surface area contributed by atoms with Gasteiger partial charge < -0.3 is 5.32 Å². The summed E-state index contributed by atoms with van der Waals surface area (Å²) in [6, 6.07) is 0.858. The molecule has 0 radical (unpaired) electrons. The van der Waals surface area contributed by atoms with Crippen LogP contribution in [0.1, 0.15) is 47.0 Å². The molecule has 1 aliphatic heterocycles. The molecule has 1 unspecified atom stereocenters. The number of rotatable bonds is 3. The van der Waals surface area contributed by atoms with E-state index in [0.717, 1.165) is 6.04 Å². The maximum atomic E-state index is 3.73. The van der Waals surface area contributed by atoms with Gasteiger partial charge in [0, 0.05) is 31.2 Å². The van der Waals surface area contributed by atoms with Crippen molar-refractivity contribution in [1.29, 1.82) is 0 Å². The molecule has 2 aliphatic rings. The van der Waals surface area contributed by atoms with Crippen molar-refractivity contribution in [3.05, 3.63) is 0 Å². The minimum Gasteiger partial charge on any atom is -0.309 e. The summed E-state index contributed by atoms with van der Waals surface area (Å²) >= 11 is 0. The maximum absolute atomic E-state index is 3.73. The minimum atomic E-state index is 0.400. The number of nitrogens with zero attached hydrogens (tertiary/aromatic N) is 1. The summed E-state index contributed by atoms with van der Waals surface area (Å²) in [7, 11) is 0. The van der Waals surface area contributed by atoms with Gasteiger partial charge in [-0.15, -0.1) is 0 Å². The molecule has 0 aromatic rings. The summed E-state index contributed by atoms with van der Waals surface area (Å²) in [5, 5.41) is 3.73. The van der Waals surface area contributed by atoms with Gasteiger partial charge in [0.2, 0.25) is 0 Å². The van der Waals surface area contributed by atoms with Crippen molar-refractivity contribution in [2.45, 2.75) is 58.5 Å². The molecule has 0 aromatic carbocycles. The first-order chi connectivity index (χ1) is 7.03. The van der Waals surface area contributed by atoms with Gasteiger partial charge in [-0.1, -0.05) is 27.7 Å². The molecule has 0 aromatic heterocycles. The van der Waals surface area contributed by atoms with Crippen molar-refractivity contribution in [3.63, 3.8) is 0 Å². The first-order valence-corrected chi connectivity index (χ1v) is 6.52. The Morgan fingerprint density at radius 3 is 2.33 bits per heavy atom. The van der Waals surface area contributed by atoms with Crippen LogP contribution in [0, 0.1) is 5.41 Å². The smallest absolute Gasteiger partial charge is 0.0304 e. The van der Waals surface area contributed by atoms with E-state index in [2.05, 4.69) is 37.9 Å². The van der Waals surface area contributed by atoms with E-state index in [9.17, 15) is 0 Å². The molecule has 1 saturated heterocycles. The predicted molar refractivity (Wildman–Crippen MR) is 65.1 cm³/mol. The summed E-state index contributed by atoms with van der Waals surface area (Å²) in [6.07, 6.45) is 3.91. The van der Waals surface area contributed by atoms with Gasteiger partial charge in [-0.05, 0) is 24.7 Å². The van der Waals surface area contributed by atoms with E-state index in [4.69, 9.17) is 0 Å². The molecule has 1 saturated carbocycles. The second-order valence-electron chi connectivity index (χ2n) is 6.09. The molecule has 88 valence electrons. The molecule has 1 heterocycles. The van der Waals surface area contributed by atoms with Crippen LogP contribution < -0.4 is 5.32 Å². The molecule has 2 nitrogen and oxygen atoms in total. The van der Waals surface area contributed by atoms with Gasteiger partial charge in [0.15, 0.2) is 0 Å². The highest BCUT2D eigenvalue weighted by molar-refractivity contribution is 5.06. The Bertz CT molecular complexity index is 231. The number of hydrogen-bond acceptors (Lipinski definition) is 2. The molecular weight excluding hydrogens is 184 g/mol. The summed E-state index contributed by atoms with van der Waals surface area (Å²) in [5.74, 6) is 0. The van der Waals surface area contributed by atoms with Crippen LogP contribution in [0.4, 0.5) is 0 Å². The van der Waals surface area contributed by atoms with Gasteiger partial charge in [0.1, 0.15) is 0 Å². The van der Waals surface area contributed by atoms with Crippen LogP contribution in [0.25, 0.3) is 0 Å². The monoisotopic (exact) mass is 210 g/mol. The number of piperazine rings is 1. The Kier molecular flexibility index (Phi) is 2.85. The number of nitrogens with one attached hydrogen (secondary N) is 1. The topological polar surface area (TPSA) is 15.3 Å². The van der Waals surface area contributed by atoms with Crippen molar-refractivity contribution in [2.24, 2.45) is 5.41 Å². The van der Waals surface area contributed by atoms with Crippen LogP contribution in [0.5, 0.6) is 0 Å². The lowest BCUT2D eigenvalue weighted by Gasteiger charge is -2.43. The fourth-order valence-corrected chi connectivity index (χ4v) is 3.04. The second kappa shape index (κ2) is 3.74.